The van der Waals surface area contributed by atoms with Crippen molar-refractivity contribution in [2.45, 2.75) is 45.2 Å². The summed E-state index contributed by atoms with van der Waals surface area (Å²) in [5.41, 5.74) is 1.35. The van der Waals surface area contributed by atoms with Crippen LogP contribution in [0.5, 0.6) is 0 Å². The molecule has 0 unspecified atom stereocenters. The molecule has 2 aromatic rings. The standard InChI is InChI=1S/C16H21N3O/c1-11(16-18-12(2)19-20-16)17-15(14-9-6-10-14)13-7-4-3-5-8-13/h3-5,7-8,11,14-15,17H,6,9-10H2,1-2H3/t11-,15-/m1/s1. The van der Waals surface area contributed by atoms with Crippen LogP contribution in [-0.4, -0.2) is 10.1 Å². The molecule has 20 heavy (non-hydrogen) atoms. The van der Waals surface area contributed by atoms with Crippen molar-refractivity contribution in [2.24, 2.45) is 5.92 Å². The van der Waals surface area contributed by atoms with E-state index in [1.165, 1.54) is 24.8 Å². The Labute approximate surface area is 119 Å². The summed E-state index contributed by atoms with van der Waals surface area (Å²) in [6.07, 6.45) is 3.92. The zero-order chi connectivity index (χ0) is 13.9. The van der Waals surface area contributed by atoms with Gasteiger partial charge in [-0.25, -0.2) is 0 Å². The predicted molar refractivity (Wildman–Crippen MR) is 77.1 cm³/mol. The highest BCUT2D eigenvalue weighted by Gasteiger charge is 2.30. The monoisotopic (exact) mass is 271 g/mol. The van der Waals surface area contributed by atoms with E-state index in [1.54, 1.807) is 0 Å². The van der Waals surface area contributed by atoms with Gasteiger partial charge in [-0.1, -0.05) is 41.9 Å². The summed E-state index contributed by atoms with van der Waals surface area (Å²) in [6.45, 7) is 3.93. The smallest absolute Gasteiger partial charge is 0.243 e. The first-order chi connectivity index (χ1) is 9.74. The number of aryl methyl sites for hydroxylation is 1. The summed E-state index contributed by atoms with van der Waals surface area (Å²) >= 11 is 0. The van der Waals surface area contributed by atoms with Crippen LogP contribution >= 0.6 is 0 Å². The topological polar surface area (TPSA) is 51.0 Å². The number of aromatic nitrogens is 2. The average Bonchev–Trinajstić information content (AvgIpc) is 2.84. The van der Waals surface area contributed by atoms with Crippen LogP contribution in [0.1, 0.15) is 55.5 Å². The molecular weight excluding hydrogens is 250 g/mol. The molecule has 0 aliphatic heterocycles. The summed E-state index contributed by atoms with van der Waals surface area (Å²) in [5, 5.41) is 7.54. The van der Waals surface area contributed by atoms with Gasteiger partial charge in [-0.3, -0.25) is 5.32 Å². The minimum absolute atomic E-state index is 0.0713. The van der Waals surface area contributed by atoms with E-state index in [2.05, 4.69) is 52.7 Å². The van der Waals surface area contributed by atoms with Crippen molar-refractivity contribution in [3.8, 4) is 0 Å². The normalized spacial score (nSPS) is 18.5. The Hall–Kier alpha value is -1.68. The molecule has 4 nitrogen and oxygen atoms in total. The molecule has 1 heterocycles. The lowest BCUT2D eigenvalue weighted by molar-refractivity contribution is 0.207. The minimum Gasteiger partial charge on any atom is -0.338 e. The van der Waals surface area contributed by atoms with Crippen molar-refractivity contribution in [3.05, 3.63) is 47.6 Å². The first-order valence-corrected chi connectivity index (χ1v) is 7.35. The fourth-order valence-electron chi connectivity index (χ4n) is 2.77. The maximum Gasteiger partial charge on any atom is 0.243 e. The molecule has 1 aromatic heterocycles. The van der Waals surface area contributed by atoms with Gasteiger partial charge in [-0.05, 0) is 38.2 Å². The van der Waals surface area contributed by atoms with Gasteiger partial charge in [-0.2, -0.15) is 4.98 Å². The van der Waals surface area contributed by atoms with Gasteiger partial charge in [0.1, 0.15) is 0 Å². The van der Waals surface area contributed by atoms with Gasteiger partial charge in [0.25, 0.3) is 0 Å². The lowest BCUT2D eigenvalue weighted by Gasteiger charge is -2.36. The van der Waals surface area contributed by atoms with E-state index >= 15 is 0 Å². The molecule has 1 fully saturated rings. The van der Waals surface area contributed by atoms with Crippen LogP contribution in [0.2, 0.25) is 0 Å². The van der Waals surface area contributed by atoms with Crippen molar-refractivity contribution in [2.75, 3.05) is 0 Å². The maximum atomic E-state index is 5.27. The molecule has 0 spiro atoms. The highest BCUT2D eigenvalue weighted by molar-refractivity contribution is 5.20. The van der Waals surface area contributed by atoms with E-state index in [-0.39, 0.29) is 6.04 Å². The van der Waals surface area contributed by atoms with Gasteiger partial charge in [0.15, 0.2) is 5.82 Å². The van der Waals surface area contributed by atoms with Crippen LogP contribution in [-0.2, 0) is 0 Å². The molecule has 0 amide bonds. The van der Waals surface area contributed by atoms with Crippen LogP contribution in [0.4, 0.5) is 0 Å². The molecule has 1 saturated carbocycles. The van der Waals surface area contributed by atoms with Crippen molar-refractivity contribution >= 4 is 0 Å². The fourth-order valence-corrected chi connectivity index (χ4v) is 2.77. The first-order valence-electron chi connectivity index (χ1n) is 7.35. The van der Waals surface area contributed by atoms with E-state index < -0.39 is 0 Å². The third-order valence-electron chi connectivity index (χ3n) is 4.12. The molecule has 0 saturated heterocycles. The number of nitrogens with one attached hydrogen (secondary N) is 1. The Morgan fingerprint density at radius 3 is 2.55 bits per heavy atom. The van der Waals surface area contributed by atoms with E-state index in [0.717, 1.165) is 0 Å². The third-order valence-corrected chi connectivity index (χ3v) is 4.12. The molecule has 0 radical (unpaired) electrons. The SMILES string of the molecule is Cc1noc([C@@H](C)N[C@H](c2ccccc2)C2CCC2)n1. The van der Waals surface area contributed by atoms with Gasteiger partial charge in [-0.15, -0.1) is 0 Å². The largest absolute Gasteiger partial charge is 0.338 e. The highest BCUT2D eigenvalue weighted by Crippen LogP contribution is 2.38. The molecule has 106 valence electrons. The van der Waals surface area contributed by atoms with E-state index in [0.29, 0.717) is 23.7 Å². The number of benzene rings is 1. The lowest BCUT2D eigenvalue weighted by Crippen LogP contribution is -2.34. The maximum absolute atomic E-state index is 5.27. The molecule has 4 heteroatoms. The summed E-state index contributed by atoms with van der Waals surface area (Å²) in [7, 11) is 0. The molecule has 0 bridgehead atoms. The highest BCUT2D eigenvalue weighted by atomic mass is 16.5. The molecule has 1 aromatic carbocycles. The van der Waals surface area contributed by atoms with Gasteiger partial charge in [0, 0.05) is 6.04 Å². The third kappa shape index (κ3) is 2.75. The minimum atomic E-state index is 0.0713. The Morgan fingerprint density at radius 2 is 2.00 bits per heavy atom. The van der Waals surface area contributed by atoms with Crippen LogP contribution in [0.25, 0.3) is 0 Å². The average molecular weight is 271 g/mol. The second-order valence-electron chi connectivity index (χ2n) is 5.65. The fraction of sp³-hybridized carbons (Fsp3) is 0.500. The zero-order valence-electron chi connectivity index (χ0n) is 12.0. The Morgan fingerprint density at radius 1 is 1.25 bits per heavy atom. The number of nitrogens with zero attached hydrogens (tertiary/aromatic N) is 2. The van der Waals surface area contributed by atoms with E-state index in [4.69, 9.17) is 4.52 Å². The Kier molecular flexibility index (Phi) is 3.83. The molecule has 1 aliphatic rings. The first kappa shape index (κ1) is 13.3. The summed E-state index contributed by atoms with van der Waals surface area (Å²) in [5.74, 6) is 2.07. The summed E-state index contributed by atoms with van der Waals surface area (Å²) in [4.78, 5) is 4.32. The zero-order valence-corrected chi connectivity index (χ0v) is 12.0. The molecular formula is C16H21N3O. The van der Waals surface area contributed by atoms with Crippen LogP contribution in [0.15, 0.2) is 34.9 Å². The Bertz CT molecular complexity index is 548. The molecule has 1 N–H and O–H groups in total. The Balaban J connectivity index is 1.76. The van der Waals surface area contributed by atoms with Crippen LogP contribution in [0.3, 0.4) is 0 Å². The van der Waals surface area contributed by atoms with Crippen LogP contribution < -0.4 is 5.32 Å². The van der Waals surface area contributed by atoms with E-state index in [9.17, 15) is 0 Å². The quantitative estimate of drug-likeness (QED) is 0.903. The van der Waals surface area contributed by atoms with Crippen molar-refractivity contribution in [1.82, 2.24) is 15.5 Å². The molecule has 1 aliphatic carbocycles. The number of hydrogen-bond acceptors (Lipinski definition) is 4. The molecule has 3 rings (SSSR count). The number of rotatable bonds is 5. The van der Waals surface area contributed by atoms with Gasteiger partial charge in [0.05, 0.1) is 6.04 Å². The molecule has 2 atom stereocenters. The van der Waals surface area contributed by atoms with E-state index in [1.807, 2.05) is 6.92 Å². The summed E-state index contributed by atoms with van der Waals surface area (Å²) < 4.78 is 5.27. The van der Waals surface area contributed by atoms with Gasteiger partial charge >= 0.3 is 0 Å². The predicted octanol–water partition coefficient (Wildman–Crippen LogP) is 3.57. The summed E-state index contributed by atoms with van der Waals surface area (Å²) in [6, 6.07) is 11.1. The van der Waals surface area contributed by atoms with Gasteiger partial charge in [0.2, 0.25) is 5.89 Å². The van der Waals surface area contributed by atoms with Crippen molar-refractivity contribution < 1.29 is 4.52 Å². The number of hydrogen-bond donors (Lipinski definition) is 1. The van der Waals surface area contributed by atoms with Crippen LogP contribution in [0, 0.1) is 12.8 Å². The van der Waals surface area contributed by atoms with Crippen molar-refractivity contribution in [3.63, 3.8) is 0 Å². The second-order valence-corrected chi connectivity index (χ2v) is 5.65. The van der Waals surface area contributed by atoms with Gasteiger partial charge < -0.3 is 4.52 Å². The second kappa shape index (κ2) is 5.75. The van der Waals surface area contributed by atoms with Crippen molar-refractivity contribution in [1.29, 1.82) is 0 Å². The lowest BCUT2D eigenvalue weighted by atomic mass is 9.77.